The van der Waals surface area contributed by atoms with E-state index in [1.165, 1.54) is 11.4 Å². The molecule has 0 aliphatic rings. The monoisotopic (exact) mass is 333 g/mol. The molecule has 6 heteroatoms. The third-order valence-corrected chi connectivity index (χ3v) is 6.20. The van der Waals surface area contributed by atoms with Gasteiger partial charge in [0.1, 0.15) is 0 Å². The fourth-order valence-corrected chi connectivity index (χ4v) is 4.64. The summed E-state index contributed by atoms with van der Waals surface area (Å²) >= 11 is 1.46. The van der Waals surface area contributed by atoms with Gasteiger partial charge < -0.3 is 12.0 Å². The maximum atomic E-state index is 11.9. The molecule has 1 radical (unpaired) electrons. The smallest absolute Gasteiger partial charge is 0.254 e. The number of hydrogen-bond acceptors (Lipinski definition) is 4. The van der Waals surface area contributed by atoms with Crippen molar-refractivity contribution in [2.75, 3.05) is 25.6 Å². The third-order valence-electron chi connectivity index (χ3n) is 2.37. The Labute approximate surface area is 130 Å². The summed E-state index contributed by atoms with van der Waals surface area (Å²) in [6.45, 7) is 11.4. The van der Waals surface area contributed by atoms with Gasteiger partial charge in [0.25, 0.3) is 6.57 Å². The first kappa shape index (κ1) is 24.1. The molecule has 1 unspecified atom stereocenters. The Morgan fingerprint density at radius 3 is 2.00 bits per heavy atom. The summed E-state index contributed by atoms with van der Waals surface area (Å²) in [5, 5.41) is 0. The van der Waals surface area contributed by atoms with Gasteiger partial charge in [-0.2, -0.15) is 0 Å². The van der Waals surface area contributed by atoms with E-state index in [0.29, 0.717) is 18.7 Å². The summed E-state index contributed by atoms with van der Waals surface area (Å²) in [5.41, 5.74) is 0. The molecule has 0 heterocycles. The molecular formula is C12H29NO2PSV-. The summed E-state index contributed by atoms with van der Waals surface area (Å²) in [5.74, 6) is 0.865. The molecule has 0 saturated heterocycles. The molecule has 0 amide bonds. The summed E-state index contributed by atoms with van der Waals surface area (Å²) in [6, 6.07) is 1.06. The van der Waals surface area contributed by atoms with Gasteiger partial charge in [-0.3, -0.25) is 9.46 Å². The summed E-state index contributed by atoms with van der Waals surface area (Å²) < 4.78 is 17.1. The first-order chi connectivity index (χ1) is 7.30. The number of nitrogens with zero attached hydrogens (tertiary/aromatic N) is 1. The Morgan fingerprint density at radius 2 is 1.67 bits per heavy atom. The quantitative estimate of drug-likeness (QED) is 0.493. The molecule has 0 aliphatic carbocycles. The van der Waals surface area contributed by atoms with Crippen LogP contribution in [0, 0.1) is 7.43 Å². The average molecular weight is 333 g/mol. The van der Waals surface area contributed by atoms with Crippen molar-refractivity contribution in [2.45, 2.75) is 46.7 Å². The fourth-order valence-electron chi connectivity index (χ4n) is 1.70. The summed E-state index contributed by atoms with van der Waals surface area (Å²) in [7, 11) is 0. The molecule has 0 saturated carbocycles. The Balaban J connectivity index is -0.00000112. The summed E-state index contributed by atoms with van der Waals surface area (Å²) in [4.78, 5) is 2.40. The van der Waals surface area contributed by atoms with Gasteiger partial charge in [0, 0.05) is 49.6 Å². The van der Waals surface area contributed by atoms with Gasteiger partial charge in [-0.1, -0.05) is 11.4 Å². The molecule has 111 valence electrons. The van der Waals surface area contributed by atoms with Crippen molar-refractivity contribution in [2.24, 2.45) is 0 Å². The van der Waals surface area contributed by atoms with Crippen molar-refractivity contribution in [1.29, 1.82) is 0 Å². The van der Waals surface area contributed by atoms with Crippen molar-refractivity contribution in [3.05, 3.63) is 7.43 Å². The predicted octanol–water partition coefficient (Wildman–Crippen LogP) is 4.15. The van der Waals surface area contributed by atoms with Crippen LogP contribution in [0.15, 0.2) is 0 Å². The van der Waals surface area contributed by atoms with Crippen LogP contribution in [-0.2, 0) is 27.6 Å². The molecule has 0 aromatic carbocycles. The first-order valence-electron chi connectivity index (χ1n) is 5.92. The molecule has 0 aliphatic heterocycles. The van der Waals surface area contributed by atoms with Gasteiger partial charge in [0.2, 0.25) is 0 Å². The maximum Gasteiger partial charge on any atom is 0.254 e. The molecule has 0 fully saturated rings. The minimum absolute atomic E-state index is 0. The van der Waals surface area contributed by atoms with Crippen LogP contribution in [0.3, 0.4) is 0 Å². The van der Waals surface area contributed by atoms with Gasteiger partial charge in [-0.05, 0) is 34.6 Å². The van der Waals surface area contributed by atoms with Crippen LogP contribution in [0.25, 0.3) is 0 Å². The minimum atomic E-state index is -2.42. The van der Waals surface area contributed by atoms with Crippen LogP contribution in [-0.4, -0.2) is 42.6 Å². The summed E-state index contributed by atoms with van der Waals surface area (Å²) in [6.07, 6.45) is 0. The van der Waals surface area contributed by atoms with E-state index < -0.39 is 6.57 Å². The van der Waals surface area contributed by atoms with Crippen molar-refractivity contribution in [3.8, 4) is 0 Å². The third kappa shape index (κ3) is 11.0. The van der Waals surface area contributed by atoms with Crippen molar-refractivity contribution < 1.29 is 27.6 Å². The molecule has 0 N–H and O–H groups in total. The van der Waals surface area contributed by atoms with Crippen molar-refractivity contribution in [1.82, 2.24) is 4.90 Å². The van der Waals surface area contributed by atoms with Gasteiger partial charge in [0.15, 0.2) is 0 Å². The van der Waals surface area contributed by atoms with E-state index in [9.17, 15) is 4.57 Å². The molecular weight excluding hydrogens is 304 g/mol. The number of hydrogen-bond donors (Lipinski definition) is 0. The Kier molecular flexibility index (Phi) is 15.9. The van der Waals surface area contributed by atoms with Gasteiger partial charge in [-0.25, -0.2) is 0 Å². The van der Waals surface area contributed by atoms with E-state index in [4.69, 9.17) is 4.52 Å². The zero-order valence-corrected chi connectivity index (χ0v) is 16.0. The van der Waals surface area contributed by atoms with Crippen molar-refractivity contribution >= 4 is 18.0 Å². The maximum absolute atomic E-state index is 11.9. The number of rotatable bonds is 8. The van der Waals surface area contributed by atoms with Crippen LogP contribution in [0.2, 0.25) is 0 Å². The van der Waals surface area contributed by atoms with Crippen LogP contribution < -0.4 is 0 Å². The largest absolute Gasteiger partial charge is 0.358 e. The average Bonchev–Trinajstić information content (AvgIpc) is 2.10. The first-order valence-corrected chi connectivity index (χ1v) is 9.58. The Hall–Kier alpha value is 1.08. The standard InChI is InChI=1S/C11H26NO2PS.CH3.V/c1-7-14-15(6,13)16-9-8-12(10(2)3)11(4)5;;/h10-11H,7-9H2,1-6H3;1H3;/q;-1;. The van der Waals surface area contributed by atoms with Gasteiger partial charge in [0.05, 0.1) is 6.61 Å². The van der Waals surface area contributed by atoms with E-state index in [2.05, 4.69) is 32.6 Å². The van der Waals surface area contributed by atoms with Crippen LogP contribution in [0.5, 0.6) is 0 Å². The molecule has 0 bridgehead atoms. The molecule has 0 aromatic heterocycles. The van der Waals surface area contributed by atoms with Gasteiger partial charge >= 0.3 is 0 Å². The zero-order valence-electron chi connectivity index (χ0n) is 12.8. The van der Waals surface area contributed by atoms with E-state index >= 15 is 0 Å². The Bertz CT molecular complexity index is 232. The van der Waals surface area contributed by atoms with E-state index in [1.54, 1.807) is 6.66 Å². The second-order valence-electron chi connectivity index (χ2n) is 4.45. The predicted molar refractivity (Wildman–Crippen MR) is 81.0 cm³/mol. The van der Waals surface area contributed by atoms with E-state index in [0.717, 1.165) is 12.3 Å². The molecule has 0 aromatic rings. The topological polar surface area (TPSA) is 29.5 Å². The Morgan fingerprint density at radius 1 is 1.22 bits per heavy atom. The second-order valence-corrected chi connectivity index (χ2v) is 9.68. The minimum Gasteiger partial charge on any atom is -0.358 e. The normalized spacial score (nSPS) is 14.3. The molecule has 1 atom stereocenters. The van der Waals surface area contributed by atoms with E-state index in [-0.39, 0.29) is 26.0 Å². The van der Waals surface area contributed by atoms with Crippen molar-refractivity contribution in [3.63, 3.8) is 0 Å². The van der Waals surface area contributed by atoms with E-state index in [1.807, 2.05) is 6.92 Å². The SMILES string of the molecule is CCOP(C)(=O)SCCN(C(C)C)C(C)C.[CH3-].[V]. The zero-order chi connectivity index (χ0) is 12.8. The van der Waals surface area contributed by atoms with Crippen LogP contribution >= 0.6 is 18.0 Å². The fraction of sp³-hybridized carbons (Fsp3) is 0.917. The second kappa shape index (κ2) is 11.9. The molecule has 3 nitrogen and oxygen atoms in total. The van der Waals surface area contributed by atoms with Crippen LogP contribution in [0.1, 0.15) is 34.6 Å². The molecule has 18 heavy (non-hydrogen) atoms. The molecule has 0 rings (SSSR count). The van der Waals surface area contributed by atoms with Crippen LogP contribution in [0.4, 0.5) is 0 Å². The van der Waals surface area contributed by atoms with Gasteiger partial charge in [-0.15, -0.1) is 0 Å². The molecule has 0 spiro atoms.